The molecule has 220 valence electrons. The predicted octanol–water partition coefficient (Wildman–Crippen LogP) is 5.88. The van der Waals surface area contributed by atoms with Crippen molar-refractivity contribution >= 4 is 50.7 Å². The van der Waals surface area contributed by atoms with Gasteiger partial charge in [0.15, 0.2) is 0 Å². The monoisotopic (exact) mass is 617 g/mol. The average Bonchev–Trinajstić information content (AvgIpc) is 2.94. The fraction of sp³-hybridized carbons (Fsp3) is 0.355. The maximum atomic E-state index is 14.2. The van der Waals surface area contributed by atoms with Crippen LogP contribution >= 0.6 is 23.2 Å². The van der Waals surface area contributed by atoms with E-state index in [4.69, 9.17) is 23.2 Å². The van der Waals surface area contributed by atoms with Crippen LogP contribution in [0.5, 0.6) is 0 Å². The molecule has 41 heavy (non-hydrogen) atoms. The van der Waals surface area contributed by atoms with Gasteiger partial charge in [0.25, 0.3) is 0 Å². The van der Waals surface area contributed by atoms with Gasteiger partial charge in [-0.3, -0.25) is 13.9 Å². The Bertz CT molecular complexity index is 1410. The highest BCUT2D eigenvalue weighted by Gasteiger charge is 2.34. The molecule has 0 fully saturated rings. The van der Waals surface area contributed by atoms with E-state index in [-0.39, 0.29) is 24.9 Å². The largest absolute Gasteiger partial charge is 0.352 e. The summed E-state index contributed by atoms with van der Waals surface area (Å²) < 4.78 is 26.9. The minimum Gasteiger partial charge on any atom is -0.352 e. The molecule has 0 aliphatic carbocycles. The molecule has 0 bridgehead atoms. The Morgan fingerprint density at radius 1 is 0.878 bits per heavy atom. The molecule has 7 nitrogen and oxygen atoms in total. The number of carbonyl (C=O) groups excluding carboxylic acids is 2. The maximum Gasteiger partial charge on any atom is 0.244 e. The summed E-state index contributed by atoms with van der Waals surface area (Å²) in [5, 5.41) is 3.68. The quantitative estimate of drug-likeness (QED) is 0.260. The normalized spacial score (nSPS) is 12.8. The Hall–Kier alpha value is -3.07. The van der Waals surface area contributed by atoms with Gasteiger partial charge in [0.1, 0.15) is 12.6 Å². The fourth-order valence-corrected chi connectivity index (χ4v) is 5.73. The number of sulfonamides is 1. The smallest absolute Gasteiger partial charge is 0.244 e. The van der Waals surface area contributed by atoms with E-state index >= 15 is 0 Å². The second kappa shape index (κ2) is 14.7. The summed E-state index contributed by atoms with van der Waals surface area (Å²) >= 11 is 13.0. The lowest BCUT2D eigenvalue weighted by atomic mass is 10.0. The molecule has 0 aliphatic heterocycles. The van der Waals surface area contributed by atoms with Crippen LogP contribution in [0.15, 0.2) is 72.8 Å². The van der Waals surface area contributed by atoms with Gasteiger partial charge >= 0.3 is 0 Å². The van der Waals surface area contributed by atoms with Crippen molar-refractivity contribution in [1.82, 2.24) is 10.2 Å². The predicted molar refractivity (Wildman–Crippen MR) is 167 cm³/mol. The van der Waals surface area contributed by atoms with Crippen LogP contribution in [0, 0.1) is 0 Å². The van der Waals surface area contributed by atoms with Crippen LogP contribution in [0.2, 0.25) is 10.0 Å². The number of carbonyl (C=O) groups is 2. The van der Waals surface area contributed by atoms with Crippen molar-refractivity contribution in [3.63, 3.8) is 0 Å². The molecule has 0 radical (unpaired) electrons. The molecule has 2 atom stereocenters. The second-order valence-corrected chi connectivity index (χ2v) is 12.8. The number of nitrogens with zero attached hydrogens (tertiary/aromatic N) is 2. The number of aryl methyl sites for hydroxylation is 1. The Morgan fingerprint density at radius 2 is 1.49 bits per heavy atom. The summed E-state index contributed by atoms with van der Waals surface area (Å²) in [6, 6.07) is 20.3. The molecular weight excluding hydrogens is 581 g/mol. The molecule has 3 aromatic rings. The zero-order chi connectivity index (χ0) is 30.2. The molecule has 0 saturated heterocycles. The number of benzene rings is 3. The number of rotatable bonds is 13. The lowest BCUT2D eigenvalue weighted by molar-refractivity contribution is -0.140. The van der Waals surface area contributed by atoms with Crippen molar-refractivity contribution < 1.29 is 18.0 Å². The van der Waals surface area contributed by atoms with Crippen LogP contribution < -0.4 is 9.62 Å². The molecule has 0 spiro atoms. The molecule has 3 aromatic carbocycles. The van der Waals surface area contributed by atoms with E-state index in [0.717, 1.165) is 28.1 Å². The summed E-state index contributed by atoms with van der Waals surface area (Å²) in [4.78, 5) is 29.3. The highest BCUT2D eigenvalue weighted by Crippen LogP contribution is 2.28. The Morgan fingerprint density at radius 3 is 2.02 bits per heavy atom. The highest BCUT2D eigenvalue weighted by molar-refractivity contribution is 7.92. The molecule has 1 N–H and O–H groups in total. The minimum absolute atomic E-state index is 0.0882. The molecule has 0 aromatic heterocycles. The van der Waals surface area contributed by atoms with Gasteiger partial charge in [-0.15, -0.1) is 0 Å². The third-order valence-corrected chi connectivity index (χ3v) is 8.82. The van der Waals surface area contributed by atoms with Crippen molar-refractivity contribution in [2.75, 3.05) is 17.1 Å². The topological polar surface area (TPSA) is 86.8 Å². The highest BCUT2D eigenvalue weighted by atomic mass is 35.5. The summed E-state index contributed by atoms with van der Waals surface area (Å²) in [7, 11) is -3.85. The van der Waals surface area contributed by atoms with E-state index in [2.05, 4.69) is 5.32 Å². The van der Waals surface area contributed by atoms with Crippen molar-refractivity contribution in [1.29, 1.82) is 0 Å². The summed E-state index contributed by atoms with van der Waals surface area (Å²) in [6.07, 6.45) is 2.75. The van der Waals surface area contributed by atoms with Crippen LogP contribution in [0.25, 0.3) is 0 Å². The van der Waals surface area contributed by atoms with Gasteiger partial charge < -0.3 is 10.2 Å². The van der Waals surface area contributed by atoms with E-state index in [1.54, 1.807) is 30.3 Å². The van der Waals surface area contributed by atoms with Crippen molar-refractivity contribution in [3.05, 3.63) is 99.5 Å². The summed E-state index contributed by atoms with van der Waals surface area (Å²) in [5.74, 6) is -0.913. The van der Waals surface area contributed by atoms with Gasteiger partial charge in [-0.25, -0.2) is 8.42 Å². The number of hydrogen-bond donors (Lipinski definition) is 1. The van der Waals surface area contributed by atoms with E-state index in [9.17, 15) is 18.0 Å². The maximum absolute atomic E-state index is 14.2. The summed E-state index contributed by atoms with van der Waals surface area (Å²) in [6.45, 7) is 5.25. The van der Waals surface area contributed by atoms with Crippen molar-refractivity contribution in [3.8, 4) is 0 Å². The van der Waals surface area contributed by atoms with Gasteiger partial charge in [0.2, 0.25) is 21.8 Å². The summed E-state index contributed by atoms with van der Waals surface area (Å²) in [5.41, 5.74) is 2.71. The van der Waals surface area contributed by atoms with E-state index < -0.39 is 28.5 Å². The molecule has 3 rings (SSSR count). The van der Waals surface area contributed by atoms with Gasteiger partial charge in [-0.2, -0.15) is 0 Å². The number of nitrogens with one attached hydrogen (secondary N) is 1. The molecule has 2 amide bonds. The zero-order valence-corrected chi connectivity index (χ0v) is 26.1. The lowest BCUT2D eigenvalue weighted by Crippen LogP contribution is -2.54. The average molecular weight is 619 g/mol. The van der Waals surface area contributed by atoms with Crippen LogP contribution in [0.1, 0.15) is 43.9 Å². The van der Waals surface area contributed by atoms with E-state index in [1.807, 2.05) is 63.2 Å². The molecule has 0 heterocycles. The third-order valence-electron chi connectivity index (χ3n) is 6.97. The number of halogens is 2. The molecular formula is C31H37Cl2N3O4S. The zero-order valence-electron chi connectivity index (χ0n) is 23.8. The van der Waals surface area contributed by atoms with Crippen LogP contribution in [-0.2, 0) is 39.0 Å². The number of anilines is 1. The number of amides is 2. The first-order valence-corrected chi connectivity index (χ1v) is 16.2. The molecule has 10 heteroatoms. The standard InChI is InChI=1S/C31H37Cl2N3O4S/c1-5-22(3)34-31(38)29(19-24-11-8-7-9-12-24)35(20-26-27(32)13-10-14-28(26)33)30(37)21-36(41(4,39)40)25-17-15-23(6-2)16-18-25/h7-18,22,29H,5-6,19-21H2,1-4H3,(H,34,38)/t22-,29+/m1/s1. The first kappa shape index (κ1) is 32.4. The van der Waals surface area contributed by atoms with Crippen molar-refractivity contribution in [2.45, 2.75) is 58.7 Å². The van der Waals surface area contributed by atoms with E-state index in [0.29, 0.717) is 27.7 Å². The first-order valence-electron chi connectivity index (χ1n) is 13.6. The van der Waals surface area contributed by atoms with Crippen LogP contribution in [0.4, 0.5) is 5.69 Å². The number of hydrogen-bond acceptors (Lipinski definition) is 4. The second-order valence-electron chi connectivity index (χ2n) is 10.0. The molecule has 0 unspecified atom stereocenters. The minimum atomic E-state index is -3.85. The van der Waals surface area contributed by atoms with Gasteiger partial charge in [0, 0.05) is 34.6 Å². The van der Waals surface area contributed by atoms with Crippen LogP contribution in [-0.4, -0.2) is 50.0 Å². The van der Waals surface area contributed by atoms with Crippen LogP contribution in [0.3, 0.4) is 0 Å². The first-order chi connectivity index (χ1) is 19.4. The van der Waals surface area contributed by atoms with E-state index in [1.165, 1.54) is 4.90 Å². The molecule has 0 saturated carbocycles. The van der Waals surface area contributed by atoms with Gasteiger partial charge in [0.05, 0.1) is 11.9 Å². The molecule has 0 aliphatic rings. The Labute approximate surface area is 253 Å². The fourth-order valence-electron chi connectivity index (χ4n) is 4.36. The van der Waals surface area contributed by atoms with Crippen molar-refractivity contribution in [2.24, 2.45) is 0 Å². The Balaban J connectivity index is 2.09. The lowest BCUT2D eigenvalue weighted by Gasteiger charge is -2.34. The van der Waals surface area contributed by atoms with Gasteiger partial charge in [-0.1, -0.05) is 85.6 Å². The Kier molecular flexibility index (Phi) is 11.6. The van der Waals surface area contributed by atoms with Gasteiger partial charge in [-0.05, 0) is 55.2 Å². The third kappa shape index (κ3) is 8.96. The SMILES string of the molecule is CCc1ccc(N(CC(=O)N(Cc2c(Cl)cccc2Cl)[C@@H](Cc2ccccc2)C(=O)N[C@H](C)CC)S(C)(=O)=O)cc1.